The van der Waals surface area contributed by atoms with E-state index < -0.39 is 14.5 Å². The smallest absolute Gasteiger partial charge is 0.180 e. The van der Waals surface area contributed by atoms with Gasteiger partial charge in [-0.15, -0.1) is 5.26 Å². The summed E-state index contributed by atoms with van der Waals surface area (Å²) < 4.78 is 0. The lowest BCUT2D eigenvalue weighted by Crippen LogP contribution is -2.35. The summed E-state index contributed by atoms with van der Waals surface area (Å²) in [5, 5.41) is 28.9. The lowest BCUT2D eigenvalue weighted by atomic mass is 9.89. The van der Waals surface area contributed by atoms with Crippen LogP contribution < -0.4 is 31.8 Å². The van der Waals surface area contributed by atoms with Crippen molar-refractivity contribution in [1.82, 2.24) is 0 Å². The molecule has 6 aromatic carbocycles. The highest BCUT2D eigenvalue weighted by Crippen LogP contribution is 2.60. The standard InChI is InChI=1S/C46H35N2P2/c47-33-37-32-40(36-50(44-25-13-4-14-26-44,45-27-15-5-16-28-45)46-29-17-6-18-30-46)38(34-48)31-39(37)35-49(41-19-7-1-8-20-41,42-21-9-2-10-22-42)43-23-11-3-12-24-43/h1-32,35H,36H2/q+3/b39-35+. The molecule has 1 aliphatic carbocycles. The zero-order valence-corrected chi connectivity index (χ0v) is 29.3. The molecule has 0 fully saturated rings. The van der Waals surface area contributed by atoms with E-state index in [4.69, 9.17) is 0 Å². The van der Waals surface area contributed by atoms with Crippen LogP contribution in [-0.2, 0) is 0 Å². The summed E-state index contributed by atoms with van der Waals surface area (Å²) in [6, 6.07) is 68.9. The summed E-state index contributed by atoms with van der Waals surface area (Å²) in [5.74, 6) is 3.18. The third-order valence-corrected chi connectivity index (χ3v) is 17.7. The van der Waals surface area contributed by atoms with Gasteiger partial charge in [-0.2, -0.15) is 5.26 Å². The van der Waals surface area contributed by atoms with Crippen LogP contribution in [0.3, 0.4) is 0 Å². The van der Waals surface area contributed by atoms with Crippen molar-refractivity contribution in [2.24, 2.45) is 0 Å². The molecular formula is C46H35N2P2+3. The Morgan fingerprint density at radius 2 is 0.800 bits per heavy atom. The third-order valence-electron chi connectivity index (χ3n) is 9.34. The van der Waals surface area contributed by atoms with Crippen molar-refractivity contribution in [1.29, 1.82) is 10.5 Å². The van der Waals surface area contributed by atoms with E-state index in [1.807, 2.05) is 30.4 Å². The molecule has 0 aromatic heterocycles. The SMILES string of the molecule is N#CC1=C[C+](C[P+](c2ccccc2)(c2ccccc2)c2ccccc2)C(C#N)=C/C1=C\[P+](c1ccccc1)(c1ccccc1)c1ccccc1. The number of nitrogens with zero attached hydrogens (tertiary/aromatic N) is 2. The minimum absolute atomic E-state index is 0.568. The molecule has 0 heterocycles. The molecular weight excluding hydrogens is 642 g/mol. The van der Waals surface area contributed by atoms with Gasteiger partial charge in [0, 0.05) is 6.08 Å². The van der Waals surface area contributed by atoms with Crippen LogP contribution in [0.4, 0.5) is 0 Å². The van der Waals surface area contributed by atoms with Crippen LogP contribution in [0.1, 0.15) is 0 Å². The molecule has 0 saturated heterocycles. The molecule has 0 N–H and O–H groups in total. The lowest BCUT2D eigenvalue weighted by Gasteiger charge is -2.29. The maximum Gasteiger partial charge on any atom is 0.226 e. The van der Waals surface area contributed by atoms with Gasteiger partial charge in [-0.25, -0.2) is 0 Å². The monoisotopic (exact) mass is 677 g/mol. The minimum Gasteiger partial charge on any atom is -0.180 e. The van der Waals surface area contributed by atoms with E-state index in [1.54, 1.807) is 0 Å². The average Bonchev–Trinajstić information content (AvgIpc) is 3.21. The molecule has 4 heteroatoms. The van der Waals surface area contributed by atoms with Crippen LogP contribution in [-0.4, -0.2) is 6.16 Å². The Bertz CT molecular complexity index is 2040. The van der Waals surface area contributed by atoms with Crippen LogP contribution in [0.15, 0.2) is 217 Å². The number of benzene rings is 6. The Balaban J connectivity index is 1.44. The summed E-state index contributed by atoms with van der Waals surface area (Å²) in [6.45, 7) is 0. The van der Waals surface area contributed by atoms with Gasteiger partial charge in [0.05, 0.1) is 12.0 Å². The molecule has 0 unspecified atom stereocenters. The molecule has 0 aliphatic heterocycles. The molecule has 236 valence electrons. The predicted octanol–water partition coefficient (Wildman–Crippen LogP) is 8.35. The van der Waals surface area contributed by atoms with E-state index >= 15 is 0 Å². The first-order valence-corrected chi connectivity index (χ1v) is 20.5. The van der Waals surface area contributed by atoms with E-state index in [0.29, 0.717) is 17.3 Å². The number of hydrogen-bond acceptors (Lipinski definition) is 2. The molecule has 0 bridgehead atoms. The van der Waals surface area contributed by atoms with Crippen molar-refractivity contribution in [3.63, 3.8) is 0 Å². The largest absolute Gasteiger partial charge is 0.226 e. The molecule has 1 aliphatic rings. The zero-order valence-electron chi connectivity index (χ0n) is 27.5. The van der Waals surface area contributed by atoms with Crippen LogP contribution >= 0.6 is 14.5 Å². The zero-order chi connectivity index (χ0) is 34.2. The number of nitriles is 2. The molecule has 7 rings (SSSR count). The highest BCUT2D eigenvalue weighted by Gasteiger charge is 2.51. The van der Waals surface area contributed by atoms with Crippen LogP contribution in [0, 0.1) is 28.6 Å². The van der Waals surface area contributed by atoms with Gasteiger partial charge in [0.15, 0.2) is 11.6 Å². The van der Waals surface area contributed by atoms with Crippen LogP contribution in [0.2, 0.25) is 0 Å². The summed E-state index contributed by atoms with van der Waals surface area (Å²) in [6.07, 6.45) is 4.57. The van der Waals surface area contributed by atoms with Gasteiger partial charge in [0.1, 0.15) is 69.5 Å². The van der Waals surface area contributed by atoms with E-state index in [0.717, 1.165) is 11.5 Å². The molecule has 0 atom stereocenters. The van der Waals surface area contributed by atoms with Gasteiger partial charge >= 0.3 is 0 Å². The fraction of sp³-hybridized carbons (Fsp3) is 0.0217. The lowest BCUT2D eigenvalue weighted by molar-refractivity contribution is 1.21. The fourth-order valence-electron chi connectivity index (χ4n) is 6.99. The first-order chi connectivity index (χ1) is 24.7. The van der Waals surface area contributed by atoms with E-state index in [9.17, 15) is 10.5 Å². The minimum atomic E-state index is -2.42. The molecule has 0 saturated carbocycles. The number of rotatable bonds is 9. The summed E-state index contributed by atoms with van der Waals surface area (Å²) in [5.41, 5.74) is 1.94. The van der Waals surface area contributed by atoms with Gasteiger partial charge in [-0.1, -0.05) is 109 Å². The third kappa shape index (κ3) is 6.14. The first-order valence-electron chi connectivity index (χ1n) is 16.6. The highest BCUT2D eigenvalue weighted by molar-refractivity contribution is 7.98. The van der Waals surface area contributed by atoms with Gasteiger partial charge in [0.25, 0.3) is 0 Å². The average molecular weight is 678 g/mol. The predicted molar refractivity (Wildman–Crippen MR) is 214 cm³/mol. The van der Waals surface area contributed by atoms with Crippen molar-refractivity contribution < 1.29 is 0 Å². The van der Waals surface area contributed by atoms with Crippen molar-refractivity contribution in [2.45, 2.75) is 0 Å². The maximum absolute atomic E-state index is 10.8. The van der Waals surface area contributed by atoms with Crippen molar-refractivity contribution in [2.75, 3.05) is 6.16 Å². The molecule has 0 radical (unpaired) electrons. The normalized spacial score (nSPS) is 13.9. The van der Waals surface area contributed by atoms with E-state index in [-0.39, 0.29) is 0 Å². The molecule has 0 amide bonds. The van der Waals surface area contributed by atoms with Gasteiger partial charge in [-0.05, 0) is 72.8 Å². The summed E-state index contributed by atoms with van der Waals surface area (Å²) in [4.78, 5) is 0. The van der Waals surface area contributed by atoms with E-state index in [2.05, 4.69) is 182 Å². The Morgan fingerprint density at radius 1 is 0.460 bits per heavy atom. The van der Waals surface area contributed by atoms with Crippen molar-refractivity contribution in [3.8, 4) is 12.1 Å². The number of hydrogen-bond donors (Lipinski definition) is 0. The Hall–Kier alpha value is -5.75. The Morgan fingerprint density at radius 3 is 1.12 bits per heavy atom. The van der Waals surface area contributed by atoms with E-state index in [1.165, 1.54) is 31.8 Å². The summed E-state index contributed by atoms with van der Waals surface area (Å²) in [7, 11) is -4.73. The molecule has 2 nitrogen and oxygen atoms in total. The van der Waals surface area contributed by atoms with Crippen molar-refractivity contribution in [3.05, 3.63) is 223 Å². The van der Waals surface area contributed by atoms with Crippen LogP contribution in [0.5, 0.6) is 0 Å². The molecule has 50 heavy (non-hydrogen) atoms. The second-order valence-corrected chi connectivity index (χ2v) is 18.9. The van der Waals surface area contributed by atoms with Crippen LogP contribution in [0.25, 0.3) is 0 Å². The fourth-order valence-corrected chi connectivity index (χ4v) is 15.2. The first kappa shape index (κ1) is 32.8. The highest BCUT2D eigenvalue weighted by atomic mass is 31.2. The maximum atomic E-state index is 10.8. The quantitative estimate of drug-likeness (QED) is 0.114. The number of allylic oxidation sites excluding steroid dienone is 5. The molecule has 0 spiro atoms. The Labute approximate surface area is 296 Å². The Kier molecular flexibility index (Phi) is 9.70. The van der Waals surface area contributed by atoms with Gasteiger partial charge < -0.3 is 0 Å². The second-order valence-electron chi connectivity index (χ2n) is 12.2. The second kappa shape index (κ2) is 14.8. The molecule has 6 aromatic rings. The van der Waals surface area contributed by atoms with Crippen molar-refractivity contribution >= 4 is 46.4 Å². The summed E-state index contributed by atoms with van der Waals surface area (Å²) >= 11 is 0. The van der Waals surface area contributed by atoms with Gasteiger partial charge in [-0.3, -0.25) is 0 Å². The van der Waals surface area contributed by atoms with Gasteiger partial charge in [0.2, 0.25) is 6.07 Å². The topological polar surface area (TPSA) is 47.6 Å².